The zero-order chi connectivity index (χ0) is 15.4. The summed E-state index contributed by atoms with van der Waals surface area (Å²) in [5, 5.41) is 5.21. The van der Waals surface area contributed by atoms with Crippen molar-refractivity contribution < 1.29 is 4.79 Å². The van der Waals surface area contributed by atoms with Crippen molar-refractivity contribution in [2.75, 3.05) is 19.6 Å². The molecule has 0 spiro atoms. The Balaban J connectivity index is 0.00000192. The van der Waals surface area contributed by atoms with Crippen LogP contribution in [0.25, 0.3) is 0 Å². The van der Waals surface area contributed by atoms with Crippen LogP contribution in [0.4, 0.5) is 0 Å². The van der Waals surface area contributed by atoms with Gasteiger partial charge in [-0.05, 0) is 65.4 Å². The van der Waals surface area contributed by atoms with Crippen molar-refractivity contribution in [2.24, 2.45) is 0 Å². The molecular formula is C17H20BrClN2OS. The quantitative estimate of drug-likeness (QED) is 0.780. The molecule has 1 atom stereocenters. The first-order valence-electron chi connectivity index (χ1n) is 7.56. The molecular weight excluding hydrogens is 396 g/mol. The number of carbonyl (C=O) groups excluding carboxylic acids is 1. The standard InChI is InChI=1S/C17H19BrN2OS.ClH/c18-14-7-2-1-6-13(14)17(21)19-12-15(16-8-5-11-22-16)20-9-3-4-10-20;/h1-2,5-8,11,15H,3-4,9-10,12H2,(H,19,21);1H. The zero-order valence-electron chi connectivity index (χ0n) is 12.7. The van der Waals surface area contributed by atoms with Gasteiger partial charge >= 0.3 is 0 Å². The Hall–Kier alpha value is -0.880. The molecule has 0 radical (unpaired) electrons. The summed E-state index contributed by atoms with van der Waals surface area (Å²) in [6.45, 7) is 2.89. The maximum absolute atomic E-state index is 12.4. The van der Waals surface area contributed by atoms with Crippen molar-refractivity contribution in [3.05, 3.63) is 56.7 Å². The number of nitrogens with zero attached hydrogens (tertiary/aromatic N) is 1. The number of carbonyl (C=O) groups is 1. The second-order valence-electron chi connectivity index (χ2n) is 5.46. The molecule has 2 aromatic rings. The normalized spacial score (nSPS) is 15.9. The number of rotatable bonds is 5. The van der Waals surface area contributed by atoms with E-state index in [-0.39, 0.29) is 24.4 Å². The SMILES string of the molecule is Cl.O=C(NCC(c1cccs1)N1CCCC1)c1ccccc1Br. The number of likely N-dealkylation sites (tertiary alicyclic amines) is 1. The number of halogens is 2. The molecule has 1 aliphatic rings. The minimum absolute atomic E-state index is 0. The van der Waals surface area contributed by atoms with E-state index >= 15 is 0 Å². The molecule has 1 aromatic heterocycles. The average Bonchev–Trinajstić information content (AvgIpc) is 3.21. The molecule has 1 aromatic carbocycles. The van der Waals surface area contributed by atoms with E-state index < -0.39 is 0 Å². The highest BCUT2D eigenvalue weighted by Crippen LogP contribution is 2.28. The summed E-state index contributed by atoms with van der Waals surface area (Å²) in [6.07, 6.45) is 2.50. The molecule has 1 saturated heterocycles. The average molecular weight is 416 g/mol. The van der Waals surface area contributed by atoms with Crippen molar-refractivity contribution in [3.8, 4) is 0 Å². The van der Waals surface area contributed by atoms with E-state index in [1.54, 1.807) is 11.3 Å². The summed E-state index contributed by atoms with van der Waals surface area (Å²) in [5.41, 5.74) is 0.689. The summed E-state index contributed by atoms with van der Waals surface area (Å²) >= 11 is 5.21. The molecule has 23 heavy (non-hydrogen) atoms. The van der Waals surface area contributed by atoms with Crippen LogP contribution in [-0.2, 0) is 0 Å². The van der Waals surface area contributed by atoms with Gasteiger partial charge in [0.05, 0.1) is 11.6 Å². The number of hydrogen-bond donors (Lipinski definition) is 1. The Morgan fingerprint density at radius 1 is 1.22 bits per heavy atom. The van der Waals surface area contributed by atoms with Crippen LogP contribution in [0.15, 0.2) is 46.3 Å². The van der Waals surface area contributed by atoms with Gasteiger partial charge in [0.1, 0.15) is 0 Å². The molecule has 1 amide bonds. The number of hydrogen-bond acceptors (Lipinski definition) is 3. The van der Waals surface area contributed by atoms with Crippen molar-refractivity contribution in [3.63, 3.8) is 0 Å². The summed E-state index contributed by atoms with van der Waals surface area (Å²) in [5.74, 6) is -0.0202. The lowest BCUT2D eigenvalue weighted by molar-refractivity contribution is 0.0937. The third kappa shape index (κ3) is 4.57. The second-order valence-corrected chi connectivity index (χ2v) is 7.30. The largest absolute Gasteiger partial charge is 0.350 e. The van der Waals surface area contributed by atoms with Gasteiger partial charge in [0.2, 0.25) is 0 Å². The zero-order valence-corrected chi connectivity index (χ0v) is 15.9. The van der Waals surface area contributed by atoms with Gasteiger partial charge in [-0.1, -0.05) is 18.2 Å². The van der Waals surface area contributed by atoms with Crippen LogP contribution >= 0.6 is 39.7 Å². The number of benzene rings is 1. The minimum Gasteiger partial charge on any atom is -0.350 e. The molecule has 3 nitrogen and oxygen atoms in total. The lowest BCUT2D eigenvalue weighted by Crippen LogP contribution is -2.36. The minimum atomic E-state index is -0.0202. The number of nitrogens with one attached hydrogen (secondary N) is 1. The van der Waals surface area contributed by atoms with Gasteiger partial charge in [-0.15, -0.1) is 23.7 Å². The van der Waals surface area contributed by atoms with Crippen LogP contribution in [0.2, 0.25) is 0 Å². The monoisotopic (exact) mass is 414 g/mol. The van der Waals surface area contributed by atoms with E-state index in [1.165, 1.54) is 17.7 Å². The van der Waals surface area contributed by atoms with Gasteiger partial charge in [0, 0.05) is 15.9 Å². The predicted molar refractivity (Wildman–Crippen MR) is 102 cm³/mol. The van der Waals surface area contributed by atoms with E-state index in [0.29, 0.717) is 12.1 Å². The number of thiophene rings is 1. The fourth-order valence-corrected chi connectivity index (χ4v) is 4.20. The van der Waals surface area contributed by atoms with Crippen molar-refractivity contribution in [1.29, 1.82) is 0 Å². The maximum Gasteiger partial charge on any atom is 0.252 e. The third-order valence-electron chi connectivity index (χ3n) is 4.03. The van der Waals surface area contributed by atoms with Crippen LogP contribution in [0, 0.1) is 0 Å². The fraction of sp³-hybridized carbons (Fsp3) is 0.353. The third-order valence-corrected chi connectivity index (χ3v) is 5.69. The van der Waals surface area contributed by atoms with Gasteiger partial charge in [-0.2, -0.15) is 0 Å². The highest BCUT2D eigenvalue weighted by molar-refractivity contribution is 9.10. The highest BCUT2D eigenvalue weighted by Gasteiger charge is 2.25. The van der Waals surface area contributed by atoms with E-state index in [2.05, 4.69) is 43.7 Å². The van der Waals surface area contributed by atoms with Gasteiger partial charge in [-0.3, -0.25) is 9.69 Å². The van der Waals surface area contributed by atoms with E-state index in [4.69, 9.17) is 0 Å². The van der Waals surface area contributed by atoms with E-state index in [1.807, 2.05) is 24.3 Å². The van der Waals surface area contributed by atoms with Crippen LogP contribution in [0.1, 0.15) is 34.1 Å². The second kappa shape index (κ2) is 8.83. The van der Waals surface area contributed by atoms with Crippen LogP contribution in [-0.4, -0.2) is 30.4 Å². The molecule has 3 rings (SSSR count). The van der Waals surface area contributed by atoms with E-state index in [0.717, 1.165) is 17.6 Å². The lowest BCUT2D eigenvalue weighted by atomic mass is 10.2. The molecule has 1 aliphatic heterocycles. The van der Waals surface area contributed by atoms with Crippen LogP contribution in [0.5, 0.6) is 0 Å². The molecule has 6 heteroatoms. The first kappa shape index (κ1) is 18.5. The number of amides is 1. The lowest BCUT2D eigenvalue weighted by Gasteiger charge is -2.27. The maximum atomic E-state index is 12.4. The Bertz CT molecular complexity index is 629. The Labute approximate surface area is 155 Å². The van der Waals surface area contributed by atoms with E-state index in [9.17, 15) is 4.79 Å². The molecule has 124 valence electrons. The molecule has 0 saturated carbocycles. The molecule has 1 fully saturated rings. The molecule has 1 unspecified atom stereocenters. The summed E-state index contributed by atoms with van der Waals surface area (Å²) in [7, 11) is 0. The summed E-state index contributed by atoms with van der Waals surface area (Å²) in [4.78, 5) is 16.2. The first-order chi connectivity index (χ1) is 10.8. The Morgan fingerprint density at radius 3 is 2.61 bits per heavy atom. The van der Waals surface area contributed by atoms with Crippen molar-refractivity contribution >= 4 is 45.6 Å². The summed E-state index contributed by atoms with van der Waals surface area (Å²) in [6, 6.07) is 12.1. The van der Waals surface area contributed by atoms with Crippen molar-refractivity contribution in [2.45, 2.75) is 18.9 Å². The predicted octanol–water partition coefficient (Wildman–Crippen LogP) is 4.50. The van der Waals surface area contributed by atoms with Crippen molar-refractivity contribution in [1.82, 2.24) is 10.2 Å². The first-order valence-corrected chi connectivity index (χ1v) is 9.23. The van der Waals surface area contributed by atoms with Gasteiger partial charge < -0.3 is 5.32 Å². The Kier molecular flexibility index (Phi) is 7.09. The Morgan fingerprint density at radius 2 is 1.96 bits per heavy atom. The molecule has 0 aliphatic carbocycles. The van der Waals surface area contributed by atoms with Crippen LogP contribution in [0.3, 0.4) is 0 Å². The van der Waals surface area contributed by atoms with Crippen LogP contribution < -0.4 is 5.32 Å². The smallest absolute Gasteiger partial charge is 0.252 e. The molecule has 1 N–H and O–H groups in total. The fourth-order valence-electron chi connectivity index (χ4n) is 2.87. The molecule has 0 bridgehead atoms. The van der Waals surface area contributed by atoms with Gasteiger partial charge in [0.25, 0.3) is 5.91 Å². The van der Waals surface area contributed by atoms with Gasteiger partial charge in [0.15, 0.2) is 0 Å². The summed E-state index contributed by atoms with van der Waals surface area (Å²) < 4.78 is 0.835. The topological polar surface area (TPSA) is 32.3 Å². The highest BCUT2D eigenvalue weighted by atomic mass is 79.9. The molecule has 2 heterocycles. The van der Waals surface area contributed by atoms with Gasteiger partial charge in [-0.25, -0.2) is 0 Å².